The van der Waals surface area contributed by atoms with E-state index in [1.54, 1.807) is 42.6 Å². The van der Waals surface area contributed by atoms with E-state index in [1.807, 2.05) is 0 Å². The minimum Gasteiger partial charge on any atom is -0.358 e. The Kier molecular flexibility index (Phi) is 3.25. The van der Waals surface area contributed by atoms with Crippen LogP contribution in [0.5, 0.6) is 0 Å². The zero-order chi connectivity index (χ0) is 12.3. The first-order valence-electron chi connectivity index (χ1n) is 4.91. The van der Waals surface area contributed by atoms with Crippen LogP contribution in [0.2, 0.25) is 5.02 Å². The Morgan fingerprint density at radius 1 is 1.12 bits per heavy atom. The summed E-state index contributed by atoms with van der Waals surface area (Å²) >= 11 is 5.71. The van der Waals surface area contributed by atoms with Crippen LogP contribution in [0.1, 0.15) is 10.5 Å². The van der Waals surface area contributed by atoms with Crippen molar-refractivity contribution in [2.75, 3.05) is 5.32 Å². The fourth-order valence-electron chi connectivity index (χ4n) is 1.31. The summed E-state index contributed by atoms with van der Waals surface area (Å²) in [6, 6.07) is 9.73. The molecule has 0 atom stereocenters. The Bertz CT molecular complexity index is 532. The van der Waals surface area contributed by atoms with E-state index in [4.69, 9.17) is 11.6 Å². The van der Waals surface area contributed by atoms with Gasteiger partial charge in [0.15, 0.2) is 0 Å². The fourth-order valence-corrected chi connectivity index (χ4v) is 1.44. The van der Waals surface area contributed by atoms with Gasteiger partial charge in [-0.25, -0.2) is 0 Å². The van der Waals surface area contributed by atoms with E-state index in [0.29, 0.717) is 10.7 Å². The summed E-state index contributed by atoms with van der Waals surface area (Å²) in [4.78, 5) is 25.9. The molecule has 0 aliphatic heterocycles. The molecule has 5 heteroatoms. The van der Waals surface area contributed by atoms with Gasteiger partial charge in [0.05, 0.1) is 5.69 Å². The number of nitrogens with one attached hydrogen (secondary N) is 2. The first-order valence-corrected chi connectivity index (χ1v) is 5.29. The average molecular weight is 249 g/mol. The number of hydrogen-bond acceptors (Lipinski definition) is 2. The topological polar surface area (TPSA) is 62.0 Å². The molecule has 0 bridgehead atoms. The standard InChI is InChI=1S/C12H9ClN2O2/c13-8-3-5-9(6-4-8)15-12(17)11(16)10-2-1-7-14-10/h1-7,14H,(H,15,17). The first-order chi connectivity index (χ1) is 8.16. The monoisotopic (exact) mass is 248 g/mol. The SMILES string of the molecule is O=C(Nc1ccc(Cl)cc1)C(=O)c1ccc[nH]1. The highest BCUT2D eigenvalue weighted by molar-refractivity contribution is 6.46. The van der Waals surface area contributed by atoms with Crippen molar-refractivity contribution in [3.8, 4) is 0 Å². The summed E-state index contributed by atoms with van der Waals surface area (Å²) in [6.45, 7) is 0. The maximum absolute atomic E-state index is 11.6. The minimum absolute atomic E-state index is 0.261. The van der Waals surface area contributed by atoms with Gasteiger partial charge in [-0.1, -0.05) is 11.6 Å². The van der Waals surface area contributed by atoms with Gasteiger partial charge in [-0.2, -0.15) is 0 Å². The van der Waals surface area contributed by atoms with Crippen LogP contribution in [0.25, 0.3) is 0 Å². The van der Waals surface area contributed by atoms with E-state index in [9.17, 15) is 9.59 Å². The van der Waals surface area contributed by atoms with Gasteiger partial charge < -0.3 is 10.3 Å². The molecular weight excluding hydrogens is 240 g/mol. The van der Waals surface area contributed by atoms with Crippen LogP contribution in [0.15, 0.2) is 42.6 Å². The second-order valence-corrected chi connectivity index (χ2v) is 3.81. The molecule has 1 aromatic heterocycles. The quantitative estimate of drug-likeness (QED) is 0.648. The Morgan fingerprint density at radius 2 is 1.82 bits per heavy atom. The van der Waals surface area contributed by atoms with Crippen LogP contribution in [-0.4, -0.2) is 16.7 Å². The lowest BCUT2D eigenvalue weighted by molar-refractivity contribution is -0.112. The number of H-pyrrole nitrogens is 1. The number of hydrogen-bond donors (Lipinski definition) is 2. The molecule has 0 unspecified atom stereocenters. The van der Waals surface area contributed by atoms with Gasteiger partial charge >= 0.3 is 0 Å². The van der Waals surface area contributed by atoms with E-state index in [0.717, 1.165) is 0 Å². The molecule has 86 valence electrons. The zero-order valence-electron chi connectivity index (χ0n) is 8.74. The second-order valence-electron chi connectivity index (χ2n) is 3.37. The Hall–Kier alpha value is -2.07. The maximum atomic E-state index is 11.6. The molecule has 0 spiro atoms. The van der Waals surface area contributed by atoms with Crippen molar-refractivity contribution < 1.29 is 9.59 Å². The number of aromatic amines is 1. The van der Waals surface area contributed by atoms with Crippen LogP contribution in [0.4, 0.5) is 5.69 Å². The number of amides is 1. The van der Waals surface area contributed by atoms with Crippen molar-refractivity contribution in [2.24, 2.45) is 0 Å². The third-order valence-electron chi connectivity index (χ3n) is 2.15. The predicted octanol–water partition coefficient (Wildman–Crippen LogP) is 2.49. The molecule has 0 radical (unpaired) electrons. The molecule has 2 aromatic rings. The van der Waals surface area contributed by atoms with E-state index in [-0.39, 0.29) is 5.69 Å². The molecule has 0 aliphatic rings. The third-order valence-corrected chi connectivity index (χ3v) is 2.40. The summed E-state index contributed by atoms with van der Waals surface area (Å²) in [5, 5.41) is 3.06. The summed E-state index contributed by atoms with van der Waals surface area (Å²) < 4.78 is 0. The molecule has 17 heavy (non-hydrogen) atoms. The summed E-state index contributed by atoms with van der Waals surface area (Å²) in [5.74, 6) is -1.29. The molecular formula is C12H9ClN2O2. The Labute approximate surface area is 103 Å². The highest BCUT2D eigenvalue weighted by Crippen LogP contribution is 2.13. The lowest BCUT2D eigenvalue weighted by atomic mass is 10.2. The second kappa shape index (κ2) is 4.84. The highest BCUT2D eigenvalue weighted by Gasteiger charge is 2.16. The fraction of sp³-hybridized carbons (Fsp3) is 0. The van der Waals surface area contributed by atoms with Crippen LogP contribution >= 0.6 is 11.6 Å². The smallest absolute Gasteiger partial charge is 0.298 e. The van der Waals surface area contributed by atoms with Crippen molar-refractivity contribution in [1.29, 1.82) is 0 Å². The molecule has 0 saturated carbocycles. The van der Waals surface area contributed by atoms with Gasteiger partial charge in [-0.05, 0) is 36.4 Å². The average Bonchev–Trinajstić information content (AvgIpc) is 2.84. The number of anilines is 1. The predicted molar refractivity (Wildman–Crippen MR) is 65.2 cm³/mol. The molecule has 1 aromatic carbocycles. The largest absolute Gasteiger partial charge is 0.358 e. The Morgan fingerprint density at radius 3 is 2.41 bits per heavy atom. The summed E-state index contributed by atoms with van der Waals surface area (Å²) in [6.07, 6.45) is 1.59. The molecule has 2 rings (SSSR count). The molecule has 0 saturated heterocycles. The number of rotatable bonds is 3. The number of carbonyl (C=O) groups is 2. The van der Waals surface area contributed by atoms with Crippen LogP contribution in [0, 0.1) is 0 Å². The van der Waals surface area contributed by atoms with E-state index >= 15 is 0 Å². The molecule has 4 nitrogen and oxygen atoms in total. The lowest BCUT2D eigenvalue weighted by Gasteiger charge is -2.03. The number of ketones is 1. The van der Waals surface area contributed by atoms with Crippen molar-refractivity contribution in [3.05, 3.63) is 53.3 Å². The van der Waals surface area contributed by atoms with Gasteiger partial charge in [0.1, 0.15) is 0 Å². The number of carbonyl (C=O) groups excluding carboxylic acids is 2. The number of aromatic nitrogens is 1. The third kappa shape index (κ3) is 2.73. The van der Waals surface area contributed by atoms with Gasteiger partial charge in [0, 0.05) is 16.9 Å². The van der Waals surface area contributed by atoms with E-state index in [2.05, 4.69) is 10.3 Å². The first kappa shape index (κ1) is 11.4. The maximum Gasteiger partial charge on any atom is 0.298 e. The number of benzene rings is 1. The van der Waals surface area contributed by atoms with Crippen LogP contribution in [-0.2, 0) is 4.79 Å². The molecule has 1 amide bonds. The normalized spacial score (nSPS) is 9.94. The van der Waals surface area contributed by atoms with Crippen LogP contribution in [0.3, 0.4) is 0 Å². The molecule has 1 heterocycles. The van der Waals surface area contributed by atoms with E-state index < -0.39 is 11.7 Å². The van der Waals surface area contributed by atoms with Gasteiger partial charge in [0.2, 0.25) is 0 Å². The van der Waals surface area contributed by atoms with Gasteiger partial charge in [0.25, 0.3) is 11.7 Å². The van der Waals surface area contributed by atoms with Gasteiger partial charge in [-0.3, -0.25) is 9.59 Å². The van der Waals surface area contributed by atoms with Crippen molar-refractivity contribution >= 4 is 29.0 Å². The molecule has 2 N–H and O–H groups in total. The van der Waals surface area contributed by atoms with Crippen LogP contribution < -0.4 is 5.32 Å². The van der Waals surface area contributed by atoms with Gasteiger partial charge in [-0.15, -0.1) is 0 Å². The van der Waals surface area contributed by atoms with Crippen molar-refractivity contribution in [1.82, 2.24) is 4.98 Å². The molecule has 0 fully saturated rings. The zero-order valence-corrected chi connectivity index (χ0v) is 9.49. The molecule has 0 aliphatic carbocycles. The lowest BCUT2D eigenvalue weighted by Crippen LogP contribution is -2.23. The number of Topliss-reactive ketones (excluding diaryl/α,β-unsaturated/α-hetero) is 1. The summed E-state index contributed by atoms with van der Waals surface area (Å²) in [7, 11) is 0. The van der Waals surface area contributed by atoms with Crippen molar-refractivity contribution in [3.63, 3.8) is 0 Å². The minimum atomic E-state index is -0.685. The Balaban J connectivity index is 2.07. The highest BCUT2D eigenvalue weighted by atomic mass is 35.5. The number of halogens is 1. The summed E-state index contributed by atoms with van der Waals surface area (Å²) in [5.41, 5.74) is 0.788. The van der Waals surface area contributed by atoms with Crippen molar-refractivity contribution in [2.45, 2.75) is 0 Å². The van der Waals surface area contributed by atoms with E-state index in [1.165, 1.54) is 0 Å².